The van der Waals surface area contributed by atoms with Crippen LogP contribution in [-0.4, -0.2) is 18.6 Å². The predicted molar refractivity (Wildman–Crippen MR) is 58.6 cm³/mol. The van der Waals surface area contributed by atoms with Gasteiger partial charge in [0, 0.05) is 12.3 Å². The number of hydrogen-bond acceptors (Lipinski definition) is 2. The molecule has 1 heterocycles. The van der Waals surface area contributed by atoms with E-state index in [1.165, 1.54) is 24.3 Å². The minimum atomic E-state index is -0.362. The number of amides is 1. The minimum Gasteiger partial charge on any atom is -0.368 e. The summed E-state index contributed by atoms with van der Waals surface area (Å²) in [6.45, 7) is 0.640. The fourth-order valence-corrected chi connectivity index (χ4v) is 1.70. The molecule has 0 saturated carbocycles. The molecule has 1 aliphatic heterocycles. The number of benzene rings is 1. The lowest BCUT2D eigenvalue weighted by Gasteiger charge is -2.21. The van der Waals surface area contributed by atoms with Crippen LogP contribution in [0.15, 0.2) is 24.3 Å². The Labute approximate surface area is 93.6 Å². The number of carbonyl (C=O) groups excluding carboxylic acids is 1. The van der Waals surface area contributed by atoms with Gasteiger partial charge in [-0.05, 0) is 43.5 Å². The molecule has 1 fully saturated rings. The molecular weight excluding hydrogens is 209 g/mol. The first-order valence-corrected chi connectivity index (χ1v) is 5.44. The van der Waals surface area contributed by atoms with Crippen LogP contribution in [0.1, 0.15) is 19.3 Å². The standard InChI is InChI=1S/C12H14FNO2/c13-9-4-6-10(7-5-9)14-12(15)11-3-1-2-8-16-11/h4-7,11H,1-3,8H2,(H,14,15). The molecule has 1 atom stereocenters. The molecule has 0 aliphatic carbocycles. The Hall–Kier alpha value is -1.42. The van der Waals surface area contributed by atoms with Crippen LogP contribution in [0, 0.1) is 5.82 Å². The maximum Gasteiger partial charge on any atom is 0.253 e. The van der Waals surface area contributed by atoms with Gasteiger partial charge in [-0.3, -0.25) is 4.79 Å². The summed E-state index contributed by atoms with van der Waals surface area (Å²) < 4.78 is 18.0. The Morgan fingerprint density at radius 1 is 1.31 bits per heavy atom. The number of hydrogen-bond donors (Lipinski definition) is 1. The van der Waals surface area contributed by atoms with Crippen LogP contribution < -0.4 is 5.32 Å². The first kappa shape index (κ1) is 11.1. The van der Waals surface area contributed by atoms with Gasteiger partial charge in [0.1, 0.15) is 11.9 Å². The SMILES string of the molecule is O=C(Nc1ccc(F)cc1)C1CCCCO1. The van der Waals surface area contributed by atoms with E-state index in [0.29, 0.717) is 12.3 Å². The summed E-state index contributed by atoms with van der Waals surface area (Å²) in [5.74, 6) is -0.460. The summed E-state index contributed by atoms with van der Waals surface area (Å²) in [6, 6.07) is 5.71. The van der Waals surface area contributed by atoms with Gasteiger partial charge in [-0.1, -0.05) is 0 Å². The molecule has 1 aromatic carbocycles. The lowest BCUT2D eigenvalue weighted by molar-refractivity contribution is -0.129. The van der Waals surface area contributed by atoms with Gasteiger partial charge in [0.05, 0.1) is 0 Å². The van der Waals surface area contributed by atoms with Crippen LogP contribution in [0.25, 0.3) is 0 Å². The van der Waals surface area contributed by atoms with Crippen molar-refractivity contribution in [3.63, 3.8) is 0 Å². The number of nitrogens with one attached hydrogen (secondary N) is 1. The average molecular weight is 223 g/mol. The van der Waals surface area contributed by atoms with Crippen LogP contribution in [0.4, 0.5) is 10.1 Å². The molecule has 1 unspecified atom stereocenters. The summed E-state index contributed by atoms with van der Waals surface area (Å²) >= 11 is 0. The Morgan fingerprint density at radius 3 is 2.69 bits per heavy atom. The van der Waals surface area contributed by atoms with Crippen molar-refractivity contribution in [2.75, 3.05) is 11.9 Å². The monoisotopic (exact) mass is 223 g/mol. The van der Waals surface area contributed by atoms with E-state index in [9.17, 15) is 9.18 Å². The van der Waals surface area contributed by atoms with E-state index in [1.54, 1.807) is 0 Å². The van der Waals surface area contributed by atoms with Crippen molar-refractivity contribution in [1.82, 2.24) is 0 Å². The van der Waals surface area contributed by atoms with Crippen LogP contribution >= 0.6 is 0 Å². The Balaban J connectivity index is 1.93. The maximum atomic E-state index is 12.6. The molecule has 0 spiro atoms. The highest BCUT2D eigenvalue weighted by Gasteiger charge is 2.21. The highest BCUT2D eigenvalue weighted by Crippen LogP contribution is 2.15. The van der Waals surface area contributed by atoms with E-state index in [0.717, 1.165) is 19.3 Å². The van der Waals surface area contributed by atoms with E-state index >= 15 is 0 Å². The largest absolute Gasteiger partial charge is 0.368 e. The second-order valence-corrected chi connectivity index (χ2v) is 3.85. The Kier molecular flexibility index (Phi) is 3.51. The van der Waals surface area contributed by atoms with Crippen molar-refractivity contribution in [2.45, 2.75) is 25.4 Å². The lowest BCUT2D eigenvalue weighted by atomic mass is 10.1. The van der Waals surface area contributed by atoms with Gasteiger partial charge in [0.15, 0.2) is 0 Å². The number of halogens is 1. The van der Waals surface area contributed by atoms with Gasteiger partial charge < -0.3 is 10.1 Å². The highest BCUT2D eigenvalue weighted by atomic mass is 19.1. The van der Waals surface area contributed by atoms with Crippen molar-refractivity contribution in [2.24, 2.45) is 0 Å². The second kappa shape index (κ2) is 5.07. The zero-order valence-corrected chi connectivity index (χ0v) is 8.91. The Morgan fingerprint density at radius 2 is 2.06 bits per heavy atom. The molecule has 2 rings (SSSR count). The van der Waals surface area contributed by atoms with E-state index in [2.05, 4.69) is 5.32 Å². The molecule has 3 nitrogen and oxygen atoms in total. The molecule has 1 aromatic rings. The number of carbonyl (C=O) groups is 1. The zero-order valence-electron chi connectivity index (χ0n) is 8.91. The van der Waals surface area contributed by atoms with Gasteiger partial charge >= 0.3 is 0 Å². The third-order valence-corrected chi connectivity index (χ3v) is 2.58. The second-order valence-electron chi connectivity index (χ2n) is 3.85. The Bertz CT molecular complexity index is 358. The highest BCUT2D eigenvalue weighted by molar-refractivity contribution is 5.94. The van der Waals surface area contributed by atoms with Gasteiger partial charge in [-0.15, -0.1) is 0 Å². The van der Waals surface area contributed by atoms with E-state index in [1.807, 2.05) is 0 Å². The normalized spacial score (nSPS) is 20.4. The quantitative estimate of drug-likeness (QED) is 0.835. The third-order valence-electron chi connectivity index (χ3n) is 2.58. The van der Waals surface area contributed by atoms with Gasteiger partial charge in [-0.25, -0.2) is 4.39 Å². The molecular formula is C12H14FNO2. The average Bonchev–Trinajstić information content (AvgIpc) is 2.33. The number of anilines is 1. The molecule has 1 amide bonds. The fraction of sp³-hybridized carbons (Fsp3) is 0.417. The van der Waals surface area contributed by atoms with E-state index < -0.39 is 0 Å². The molecule has 4 heteroatoms. The predicted octanol–water partition coefficient (Wildman–Crippen LogP) is 2.33. The maximum absolute atomic E-state index is 12.6. The van der Waals surface area contributed by atoms with Gasteiger partial charge in [0.2, 0.25) is 0 Å². The van der Waals surface area contributed by atoms with Crippen molar-refractivity contribution in [3.8, 4) is 0 Å². The molecule has 86 valence electrons. The molecule has 0 bridgehead atoms. The van der Waals surface area contributed by atoms with E-state index in [4.69, 9.17) is 4.74 Å². The van der Waals surface area contributed by atoms with Crippen molar-refractivity contribution in [1.29, 1.82) is 0 Å². The molecule has 1 N–H and O–H groups in total. The molecule has 0 radical (unpaired) electrons. The summed E-state index contributed by atoms with van der Waals surface area (Å²) in [7, 11) is 0. The van der Waals surface area contributed by atoms with Crippen LogP contribution in [0.2, 0.25) is 0 Å². The van der Waals surface area contributed by atoms with Gasteiger partial charge in [-0.2, -0.15) is 0 Å². The van der Waals surface area contributed by atoms with Crippen molar-refractivity contribution < 1.29 is 13.9 Å². The van der Waals surface area contributed by atoms with Crippen LogP contribution in [0.3, 0.4) is 0 Å². The molecule has 0 aromatic heterocycles. The summed E-state index contributed by atoms with van der Waals surface area (Å²) in [5, 5.41) is 2.71. The zero-order chi connectivity index (χ0) is 11.4. The molecule has 1 aliphatic rings. The number of rotatable bonds is 2. The third kappa shape index (κ3) is 2.79. The first-order chi connectivity index (χ1) is 7.75. The molecule has 1 saturated heterocycles. The van der Waals surface area contributed by atoms with Gasteiger partial charge in [0.25, 0.3) is 5.91 Å². The number of ether oxygens (including phenoxy) is 1. The summed E-state index contributed by atoms with van der Waals surface area (Å²) in [6.07, 6.45) is 2.42. The minimum absolute atomic E-state index is 0.147. The molecule has 16 heavy (non-hydrogen) atoms. The first-order valence-electron chi connectivity index (χ1n) is 5.44. The van der Waals surface area contributed by atoms with Crippen LogP contribution in [0.5, 0.6) is 0 Å². The van der Waals surface area contributed by atoms with Crippen molar-refractivity contribution in [3.05, 3.63) is 30.1 Å². The van der Waals surface area contributed by atoms with Crippen LogP contribution in [-0.2, 0) is 9.53 Å². The summed E-state index contributed by atoms with van der Waals surface area (Å²) in [4.78, 5) is 11.7. The lowest BCUT2D eigenvalue weighted by Crippen LogP contribution is -2.33. The topological polar surface area (TPSA) is 38.3 Å². The smallest absolute Gasteiger partial charge is 0.253 e. The fourth-order valence-electron chi connectivity index (χ4n) is 1.70. The van der Waals surface area contributed by atoms with Crippen molar-refractivity contribution >= 4 is 11.6 Å². The summed E-state index contributed by atoms with van der Waals surface area (Å²) in [5.41, 5.74) is 0.598. The van der Waals surface area contributed by atoms with E-state index in [-0.39, 0.29) is 17.8 Å².